The van der Waals surface area contributed by atoms with Gasteiger partial charge in [-0.25, -0.2) is 9.48 Å². The first-order valence-electron chi connectivity index (χ1n) is 7.73. The Bertz CT molecular complexity index is 784. The second-order valence-electron chi connectivity index (χ2n) is 5.77. The Morgan fingerprint density at radius 1 is 1.29 bits per heavy atom. The SMILES string of the molecule is Cc1ccccc1-n1ncc(C(=O)N2CCOCC2C(=O)O)c1C. The van der Waals surface area contributed by atoms with Crippen molar-refractivity contribution in [2.45, 2.75) is 19.9 Å². The Morgan fingerprint density at radius 3 is 2.75 bits per heavy atom. The number of aromatic nitrogens is 2. The zero-order valence-electron chi connectivity index (χ0n) is 13.6. The molecule has 0 saturated carbocycles. The van der Waals surface area contributed by atoms with Gasteiger partial charge in [-0.1, -0.05) is 18.2 Å². The molecule has 0 radical (unpaired) electrons. The van der Waals surface area contributed by atoms with Gasteiger partial charge in [-0.05, 0) is 25.5 Å². The van der Waals surface area contributed by atoms with Gasteiger partial charge in [0.1, 0.15) is 0 Å². The first kappa shape index (κ1) is 16.2. The number of benzene rings is 1. The second-order valence-corrected chi connectivity index (χ2v) is 5.77. The van der Waals surface area contributed by atoms with E-state index in [2.05, 4.69) is 5.10 Å². The van der Waals surface area contributed by atoms with E-state index in [9.17, 15) is 14.7 Å². The predicted octanol–water partition coefficient (Wildman–Crippen LogP) is 1.41. The molecule has 1 aromatic carbocycles. The van der Waals surface area contributed by atoms with E-state index in [0.717, 1.165) is 11.3 Å². The Morgan fingerprint density at radius 2 is 2.04 bits per heavy atom. The van der Waals surface area contributed by atoms with Gasteiger partial charge in [-0.3, -0.25) is 4.79 Å². The summed E-state index contributed by atoms with van der Waals surface area (Å²) in [6, 6.07) is 6.79. The Kier molecular flexibility index (Phi) is 4.35. The lowest BCUT2D eigenvalue weighted by molar-refractivity contribution is -0.147. The van der Waals surface area contributed by atoms with E-state index in [4.69, 9.17) is 4.74 Å². The number of carbonyl (C=O) groups is 2. The van der Waals surface area contributed by atoms with Crippen LogP contribution in [0.25, 0.3) is 5.69 Å². The molecule has 1 aliphatic rings. The molecule has 1 fully saturated rings. The minimum absolute atomic E-state index is 0.00600. The largest absolute Gasteiger partial charge is 0.480 e. The van der Waals surface area contributed by atoms with Gasteiger partial charge in [0, 0.05) is 6.54 Å². The van der Waals surface area contributed by atoms with Crippen molar-refractivity contribution in [3.63, 3.8) is 0 Å². The maximum atomic E-state index is 12.8. The molecule has 0 spiro atoms. The molecule has 1 atom stereocenters. The summed E-state index contributed by atoms with van der Waals surface area (Å²) in [7, 11) is 0. The topological polar surface area (TPSA) is 84.7 Å². The van der Waals surface area contributed by atoms with Crippen molar-refractivity contribution in [2.75, 3.05) is 19.8 Å². The zero-order chi connectivity index (χ0) is 17.3. The van der Waals surface area contributed by atoms with Crippen LogP contribution in [-0.2, 0) is 9.53 Å². The van der Waals surface area contributed by atoms with Crippen molar-refractivity contribution in [2.24, 2.45) is 0 Å². The number of carboxylic acids is 1. The molecule has 7 nitrogen and oxygen atoms in total. The number of rotatable bonds is 3. The van der Waals surface area contributed by atoms with Gasteiger partial charge in [0.25, 0.3) is 5.91 Å². The van der Waals surface area contributed by atoms with E-state index in [1.165, 1.54) is 11.1 Å². The lowest BCUT2D eigenvalue weighted by atomic mass is 10.1. The molecule has 2 heterocycles. The lowest BCUT2D eigenvalue weighted by Gasteiger charge is -2.32. The number of hydrogen-bond donors (Lipinski definition) is 1. The molecule has 0 aliphatic carbocycles. The Labute approximate surface area is 139 Å². The number of morpholine rings is 1. The average molecular weight is 329 g/mol. The minimum atomic E-state index is -1.06. The summed E-state index contributed by atoms with van der Waals surface area (Å²) in [5.41, 5.74) is 3.03. The summed E-state index contributed by atoms with van der Waals surface area (Å²) < 4.78 is 6.89. The number of nitrogens with zero attached hydrogens (tertiary/aromatic N) is 3. The molecule has 2 aromatic rings. The van der Waals surface area contributed by atoms with E-state index in [1.807, 2.05) is 38.1 Å². The molecule has 7 heteroatoms. The third kappa shape index (κ3) is 2.78. The summed E-state index contributed by atoms with van der Waals surface area (Å²) in [6.07, 6.45) is 1.50. The van der Waals surface area contributed by atoms with Crippen LogP contribution in [0.5, 0.6) is 0 Å². The number of para-hydroxylation sites is 1. The minimum Gasteiger partial charge on any atom is -0.480 e. The highest BCUT2D eigenvalue weighted by Gasteiger charge is 2.34. The van der Waals surface area contributed by atoms with Crippen LogP contribution in [0.4, 0.5) is 0 Å². The predicted molar refractivity (Wildman–Crippen MR) is 86.3 cm³/mol. The van der Waals surface area contributed by atoms with Gasteiger partial charge in [0.2, 0.25) is 0 Å². The maximum Gasteiger partial charge on any atom is 0.328 e. The zero-order valence-corrected chi connectivity index (χ0v) is 13.6. The molecule has 1 amide bonds. The monoisotopic (exact) mass is 329 g/mol. The van der Waals surface area contributed by atoms with E-state index < -0.39 is 12.0 Å². The van der Waals surface area contributed by atoms with Crippen molar-refractivity contribution in [1.29, 1.82) is 0 Å². The van der Waals surface area contributed by atoms with Crippen molar-refractivity contribution in [3.8, 4) is 5.69 Å². The number of hydrogen-bond acceptors (Lipinski definition) is 4. The van der Waals surface area contributed by atoms with Crippen molar-refractivity contribution < 1.29 is 19.4 Å². The van der Waals surface area contributed by atoms with Crippen molar-refractivity contribution in [1.82, 2.24) is 14.7 Å². The van der Waals surface area contributed by atoms with Gasteiger partial charge in [0.15, 0.2) is 6.04 Å². The van der Waals surface area contributed by atoms with E-state index in [0.29, 0.717) is 17.9 Å². The highest BCUT2D eigenvalue weighted by molar-refractivity contribution is 5.97. The highest BCUT2D eigenvalue weighted by Crippen LogP contribution is 2.20. The molecular formula is C17H19N3O4. The van der Waals surface area contributed by atoms with Crippen LogP contribution >= 0.6 is 0 Å². The number of carboxylic acid groups (broad SMARTS) is 1. The summed E-state index contributed by atoms with van der Waals surface area (Å²) in [5.74, 6) is -1.39. The number of amides is 1. The second kappa shape index (κ2) is 6.45. The molecular weight excluding hydrogens is 310 g/mol. The lowest BCUT2D eigenvalue weighted by Crippen LogP contribution is -2.52. The fourth-order valence-electron chi connectivity index (χ4n) is 2.87. The van der Waals surface area contributed by atoms with E-state index in [-0.39, 0.29) is 19.1 Å². The standard InChI is InChI=1S/C17H19N3O4/c1-11-5-3-4-6-14(11)20-12(2)13(9-18-20)16(21)19-7-8-24-10-15(19)17(22)23/h3-6,9,15H,7-8,10H2,1-2H3,(H,22,23). The van der Waals surface area contributed by atoms with Crippen LogP contribution in [0.2, 0.25) is 0 Å². The van der Waals surface area contributed by atoms with Crippen LogP contribution < -0.4 is 0 Å². The molecule has 1 N–H and O–H groups in total. The summed E-state index contributed by atoms with van der Waals surface area (Å²) in [4.78, 5) is 25.5. The van der Waals surface area contributed by atoms with Gasteiger partial charge in [-0.15, -0.1) is 0 Å². The van der Waals surface area contributed by atoms with Gasteiger partial charge < -0.3 is 14.7 Å². The van der Waals surface area contributed by atoms with Crippen LogP contribution in [-0.4, -0.2) is 57.5 Å². The van der Waals surface area contributed by atoms with Crippen LogP contribution in [0.15, 0.2) is 30.5 Å². The van der Waals surface area contributed by atoms with Gasteiger partial charge >= 0.3 is 5.97 Å². The van der Waals surface area contributed by atoms with Gasteiger partial charge in [0.05, 0.1) is 36.4 Å². The fraction of sp³-hybridized carbons (Fsp3) is 0.353. The highest BCUT2D eigenvalue weighted by atomic mass is 16.5. The molecule has 1 saturated heterocycles. The number of aliphatic carboxylic acids is 1. The average Bonchev–Trinajstić information content (AvgIpc) is 2.96. The number of aryl methyl sites for hydroxylation is 1. The fourth-order valence-corrected chi connectivity index (χ4v) is 2.87. The van der Waals surface area contributed by atoms with E-state index in [1.54, 1.807) is 4.68 Å². The van der Waals surface area contributed by atoms with Crippen LogP contribution in [0, 0.1) is 13.8 Å². The molecule has 0 bridgehead atoms. The number of ether oxygens (including phenoxy) is 1. The first-order valence-corrected chi connectivity index (χ1v) is 7.73. The van der Waals surface area contributed by atoms with Crippen LogP contribution in [0.1, 0.15) is 21.6 Å². The third-order valence-corrected chi connectivity index (χ3v) is 4.26. The summed E-state index contributed by atoms with van der Waals surface area (Å²) in [5, 5.41) is 13.6. The van der Waals surface area contributed by atoms with Crippen LogP contribution in [0.3, 0.4) is 0 Å². The Balaban J connectivity index is 1.94. The summed E-state index contributed by atoms with van der Waals surface area (Å²) in [6.45, 7) is 4.38. The Hall–Kier alpha value is -2.67. The molecule has 24 heavy (non-hydrogen) atoms. The molecule has 3 rings (SSSR count). The van der Waals surface area contributed by atoms with Crippen molar-refractivity contribution in [3.05, 3.63) is 47.3 Å². The molecule has 1 aliphatic heterocycles. The molecule has 1 aromatic heterocycles. The number of carbonyl (C=O) groups excluding carboxylic acids is 1. The molecule has 1 unspecified atom stereocenters. The first-order chi connectivity index (χ1) is 11.5. The van der Waals surface area contributed by atoms with E-state index >= 15 is 0 Å². The maximum absolute atomic E-state index is 12.8. The quantitative estimate of drug-likeness (QED) is 0.920. The normalized spacial score (nSPS) is 17.8. The summed E-state index contributed by atoms with van der Waals surface area (Å²) >= 11 is 0. The van der Waals surface area contributed by atoms with Gasteiger partial charge in [-0.2, -0.15) is 5.10 Å². The third-order valence-electron chi connectivity index (χ3n) is 4.26. The molecule has 126 valence electrons. The van der Waals surface area contributed by atoms with Crippen molar-refractivity contribution >= 4 is 11.9 Å². The smallest absolute Gasteiger partial charge is 0.328 e.